The Hall–Kier alpha value is -0.120. The van der Waals surface area contributed by atoms with Crippen LogP contribution in [0.25, 0.3) is 0 Å². The highest BCUT2D eigenvalue weighted by atomic mass is 15.2. The standard InChI is InChI=1S/C15H33N3/c1-13(2)6-9-15(3,12-16)18-10-7-14(8-11-18)17(4)5/h13-14H,6-12,16H2,1-5H3. The van der Waals surface area contributed by atoms with Crippen molar-refractivity contribution in [1.29, 1.82) is 0 Å². The molecule has 3 heteroatoms. The summed E-state index contributed by atoms with van der Waals surface area (Å²) >= 11 is 0. The first-order valence-corrected chi connectivity index (χ1v) is 7.50. The van der Waals surface area contributed by atoms with Crippen LogP contribution >= 0.6 is 0 Å². The Morgan fingerprint density at radius 2 is 1.83 bits per heavy atom. The Morgan fingerprint density at radius 1 is 1.28 bits per heavy atom. The highest BCUT2D eigenvalue weighted by Gasteiger charge is 2.33. The summed E-state index contributed by atoms with van der Waals surface area (Å²) in [4.78, 5) is 5.00. The lowest BCUT2D eigenvalue weighted by molar-refractivity contribution is 0.0472. The molecule has 0 spiro atoms. The van der Waals surface area contributed by atoms with Gasteiger partial charge in [-0.3, -0.25) is 4.90 Å². The van der Waals surface area contributed by atoms with Gasteiger partial charge in [0.05, 0.1) is 0 Å². The lowest BCUT2D eigenvalue weighted by Crippen LogP contribution is -2.56. The predicted octanol–water partition coefficient (Wildman–Crippen LogP) is 2.17. The Kier molecular flexibility index (Phi) is 6.09. The lowest BCUT2D eigenvalue weighted by Gasteiger charge is -2.46. The maximum Gasteiger partial charge on any atom is 0.0303 e. The molecule has 1 saturated heterocycles. The molecule has 18 heavy (non-hydrogen) atoms. The number of likely N-dealkylation sites (tertiary alicyclic amines) is 1. The van der Waals surface area contributed by atoms with E-state index in [1.165, 1.54) is 38.8 Å². The molecule has 1 fully saturated rings. The van der Waals surface area contributed by atoms with Crippen molar-refractivity contribution in [3.63, 3.8) is 0 Å². The van der Waals surface area contributed by atoms with E-state index in [9.17, 15) is 0 Å². The smallest absolute Gasteiger partial charge is 0.0303 e. The molecule has 1 atom stereocenters. The molecule has 3 nitrogen and oxygen atoms in total. The fourth-order valence-electron chi connectivity index (χ4n) is 2.91. The zero-order valence-corrected chi connectivity index (χ0v) is 13.1. The van der Waals surface area contributed by atoms with Crippen LogP contribution in [0, 0.1) is 5.92 Å². The molecule has 0 bridgehead atoms. The van der Waals surface area contributed by atoms with Crippen LogP contribution in [0.3, 0.4) is 0 Å². The topological polar surface area (TPSA) is 32.5 Å². The second-order valence-electron chi connectivity index (χ2n) is 6.82. The predicted molar refractivity (Wildman–Crippen MR) is 79.8 cm³/mol. The third-order valence-electron chi connectivity index (χ3n) is 4.66. The van der Waals surface area contributed by atoms with Crippen molar-refractivity contribution in [3.8, 4) is 0 Å². The van der Waals surface area contributed by atoms with Crippen molar-refractivity contribution >= 4 is 0 Å². The molecule has 0 radical (unpaired) electrons. The summed E-state index contributed by atoms with van der Waals surface area (Å²) < 4.78 is 0. The summed E-state index contributed by atoms with van der Waals surface area (Å²) in [5, 5.41) is 0. The van der Waals surface area contributed by atoms with Gasteiger partial charge in [-0.2, -0.15) is 0 Å². The van der Waals surface area contributed by atoms with Crippen molar-refractivity contribution in [3.05, 3.63) is 0 Å². The van der Waals surface area contributed by atoms with Gasteiger partial charge in [-0.05, 0) is 52.6 Å². The first kappa shape index (κ1) is 15.9. The van der Waals surface area contributed by atoms with E-state index in [-0.39, 0.29) is 5.54 Å². The molecule has 0 aromatic rings. The monoisotopic (exact) mass is 255 g/mol. The zero-order valence-electron chi connectivity index (χ0n) is 13.1. The van der Waals surface area contributed by atoms with Crippen LogP contribution < -0.4 is 5.73 Å². The number of rotatable bonds is 6. The molecular weight excluding hydrogens is 222 g/mol. The maximum absolute atomic E-state index is 6.07. The molecule has 108 valence electrons. The van der Waals surface area contributed by atoms with Gasteiger partial charge >= 0.3 is 0 Å². The molecule has 1 aliphatic rings. The highest BCUT2D eigenvalue weighted by Crippen LogP contribution is 2.27. The van der Waals surface area contributed by atoms with E-state index in [0.29, 0.717) is 0 Å². The summed E-state index contributed by atoms with van der Waals surface area (Å²) in [5.41, 5.74) is 6.28. The molecule has 0 aromatic heterocycles. The van der Waals surface area contributed by atoms with Crippen LogP contribution in [0.5, 0.6) is 0 Å². The van der Waals surface area contributed by atoms with Gasteiger partial charge in [0, 0.05) is 31.2 Å². The van der Waals surface area contributed by atoms with Crippen molar-refractivity contribution < 1.29 is 0 Å². The highest BCUT2D eigenvalue weighted by molar-refractivity contribution is 4.91. The number of piperidine rings is 1. The van der Waals surface area contributed by atoms with Gasteiger partial charge in [0.2, 0.25) is 0 Å². The fraction of sp³-hybridized carbons (Fsp3) is 1.00. The van der Waals surface area contributed by atoms with Crippen LogP contribution in [0.15, 0.2) is 0 Å². The minimum Gasteiger partial charge on any atom is -0.329 e. The van der Waals surface area contributed by atoms with E-state index in [2.05, 4.69) is 44.7 Å². The zero-order chi connectivity index (χ0) is 13.8. The molecule has 0 aliphatic carbocycles. The summed E-state index contributed by atoms with van der Waals surface area (Å²) in [7, 11) is 4.39. The van der Waals surface area contributed by atoms with Crippen LogP contribution in [0.4, 0.5) is 0 Å². The Bertz CT molecular complexity index is 232. The molecule has 1 unspecified atom stereocenters. The first-order valence-electron chi connectivity index (χ1n) is 7.50. The van der Waals surface area contributed by atoms with Gasteiger partial charge in [0.25, 0.3) is 0 Å². The largest absolute Gasteiger partial charge is 0.329 e. The van der Waals surface area contributed by atoms with Gasteiger partial charge in [-0.15, -0.1) is 0 Å². The van der Waals surface area contributed by atoms with Crippen LogP contribution in [0.1, 0.15) is 46.5 Å². The molecule has 0 saturated carbocycles. The maximum atomic E-state index is 6.07. The van der Waals surface area contributed by atoms with Crippen LogP contribution in [-0.2, 0) is 0 Å². The molecule has 1 rings (SSSR count). The van der Waals surface area contributed by atoms with E-state index >= 15 is 0 Å². The summed E-state index contributed by atoms with van der Waals surface area (Å²) in [6.45, 7) is 10.1. The Balaban J connectivity index is 2.51. The lowest BCUT2D eigenvalue weighted by atomic mass is 9.88. The number of hydrogen-bond donors (Lipinski definition) is 1. The Labute approximate surface area is 114 Å². The van der Waals surface area contributed by atoms with Crippen LogP contribution in [-0.4, -0.2) is 55.1 Å². The molecular formula is C15H33N3. The number of nitrogens with two attached hydrogens (primary N) is 1. The van der Waals surface area contributed by atoms with Gasteiger partial charge in [-0.25, -0.2) is 0 Å². The summed E-state index contributed by atoms with van der Waals surface area (Å²) in [5.74, 6) is 0.773. The number of nitrogens with zero attached hydrogens (tertiary/aromatic N) is 2. The van der Waals surface area contributed by atoms with Gasteiger partial charge in [0.1, 0.15) is 0 Å². The molecule has 1 aliphatic heterocycles. The average Bonchev–Trinajstić information content (AvgIpc) is 2.36. The third-order valence-corrected chi connectivity index (χ3v) is 4.66. The molecule has 2 N–H and O–H groups in total. The second kappa shape index (κ2) is 6.88. The van der Waals surface area contributed by atoms with E-state index in [0.717, 1.165) is 18.5 Å². The molecule has 0 amide bonds. The molecule has 1 heterocycles. The van der Waals surface area contributed by atoms with Crippen molar-refractivity contribution in [2.45, 2.75) is 58.0 Å². The Morgan fingerprint density at radius 3 is 2.22 bits per heavy atom. The first-order chi connectivity index (χ1) is 8.39. The van der Waals surface area contributed by atoms with E-state index < -0.39 is 0 Å². The van der Waals surface area contributed by atoms with Crippen molar-refractivity contribution in [2.75, 3.05) is 33.7 Å². The SMILES string of the molecule is CC(C)CCC(C)(CN)N1CCC(N(C)C)CC1. The van der Waals surface area contributed by atoms with Crippen LogP contribution in [0.2, 0.25) is 0 Å². The normalized spacial score (nSPS) is 22.7. The minimum atomic E-state index is 0.210. The summed E-state index contributed by atoms with van der Waals surface area (Å²) in [6.07, 6.45) is 5.07. The fourth-order valence-corrected chi connectivity index (χ4v) is 2.91. The second-order valence-corrected chi connectivity index (χ2v) is 6.82. The van der Waals surface area contributed by atoms with Gasteiger partial charge in [0.15, 0.2) is 0 Å². The average molecular weight is 255 g/mol. The molecule has 0 aromatic carbocycles. The van der Waals surface area contributed by atoms with Crippen molar-refractivity contribution in [1.82, 2.24) is 9.80 Å². The van der Waals surface area contributed by atoms with Crippen molar-refractivity contribution in [2.24, 2.45) is 11.7 Å². The van der Waals surface area contributed by atoms with Gasteiger partial charge in [-0.1, -0.05) is 13.8 Å². The quantitative estimate of drug-likeness (QED) is 0.789. The van der Waals surface area contributed by atoms with E-state index in [4.69, 9.17) is 5.73 Å². The van der Waals surface area contributed by atoms with E-state index in [1.54, 1.807) is 0 Å². The minimum absolute atomic E-state index is 0.210. The summed E-state index contributed by atoms with van der Waals surface area (Å²) in [6, 6.07) is 0.758. The van der Waals surface area contributed by atoms with Gasteiger partial charge < -0.3 is 10.6 Å². The van der Waals surface area contributed by atoms with E-state index in [1.807, 2.05) is 0 Å². The number of hydrogen-bond acceptors (Lipinski definition) is 3. The third kappa shape index (κ3) is 4.22.